The molecular formula is C5H14O3Sn2. The summed E-state index contributed by atoms with van der Waals surface area (Å²) in [6.45, 7) is 0.974. The number of rotatable bonds is 2. The van der Waals surface area contributed by atoms with Gasteiger partial charge in [-0.15, -0.1) is 0 Å². The molecule has 1 aliphatic heterocycles. The minimum atomic E-state index is -2.36. The molecule has 0 aromatic rings. The molecule has 10 heavy (non-hydrogen) atoms. The Morgan fingerprint density at radius 3 is 2.40 bits per heavy atom. The first-order valence-corrected chi connectivity index (χ1v) is 25.1. The molecule has 0 aliphatic carbocycles. The molecule has 0 spiro atoms. The van der Waals surface area contributed by atoms with Gasteiger partial charge in [-0.05, 0) is 0 Å². The van der Waals surface area contributed by atoms with Crippen LogP contribution in [0.4, 0.5) is 0 Å². The summed E-state index contributed by atoms with van der Waals surface area (Å²) in [6, 6.07) is 0. The quantitative estimate of drug-likeness (QED) is 0.635. The summed E-state index contributed by atoms with van der Waals surface area (Å²) in [5.74, 6) is 0. The first-order chi connectivity index (χ1) is 4.83. The van der Waals surface area contributed by atoms with Crippen LogP contribution >= 0.6 is 0 Å². The van der Waals surface area contributed by atoms with Gasteiger partial charge >= 0.3 is 73.8 Å². The van der Waals surface area contributed by atoms with Crippen molar-refractivity contribution in [3.05, 3.63) is 0 Å². The summed E-state index contributed by atoms with van der Waals surface area (Å²) in [4.78, 5) is 0. The van der Waals surface area contributed by atoms with E-state index in [9.17, 15) is 0 Å². The fourth-order valence-electron chi connectivity index (χ4n) is 1.15. The zero-order valence-corrected chi connectivity index (χ0v) is 13.4. The third kappa shape index (κ3) is 2.23. The molecule has 1 aliphatic rings. The van der Waals surface area contributed by atoms with Crippen LogP contribution < -0.4 is 0 Å². The van der Waals surface area contributed by atoms with E-state index < -0.39 is 32.9 Å². The summed E-state index contributed by atoms with van der Waals surface area (Å²) in [5.41, 5.74) is 0. The van der Waals surface area contributed by atoms with E-state index in [1.54, 1.807) is 14.2 Å². The Labute approximate surface area is 73.2 Å². The first kappa shape index (κ1) is 9.56. The third-order valence-electron chi connectivity index (χ3n) is 1.91. The summed E-state index contributed by atoms with van der Waals surface area (Å²) in [7, 11) is 3.59. The molecule has 0 aromatic heterocycles. The van der Waals surface area contributed by atoms with Crippen LogP contribution in [0.15, 0.2) is 0 Å². The van der Waals surface area contributed by atoms with Crippen LogP contribution in [0, 0.1) is 0 Å². The van der Waals surface area contributed by atoms with Gasteiger partial charge in [0, 0.05) is 0 Å². The molecule has 0 N–H and O–H groups in total. The van der Waals surface area contributed by atoms with Crippen LogP contribution in [-0.4, -0.2) is 53.7 Å². The number of hydrogen-bond acceptors (Lipinski definition) is 3. The molecule has 0 amide bonds. The van der Waals surface area contributed by atoms with Crippen LogP contribution in [0.25, 0.3) is 0 Å². The Hall–Kier alpha value is 1.48. The second kappa shape index (κ2) is 4.49. The van der Waals surface area contributed by atoms with E-state index in [4.69, 9.17) is 9.22 Å². The standard InChI is InChI=1S/C3H6O.2CH3O.2Sn.2H/c1-2-3-4;2*1-2;;;;/h1-3H2;2*1H3;;;;/q3*-1;+1;+2;;. The van der Waals surface area contributed by atoms with Gasteiger partial charge < -0.3 is 0 Å². The van der Waals surface area contributed by atoms with E-state index in [-0.39, 0.29) is 0 Å². The first-order valence-electron chi connectivity index (χ1n) is 3.51. The summed E-state index contributed by atoms with van der Waals surface area (Å²) in [6.07, 6.45) is 1.16. The van der Waals surface area contributed by atoms with Gasteiger partial charge in [0.1, 0.15) is 0 Å². The summed E-state index contributed by atoms with van der Waals surface area (Å²) < 4.78 is 17.7. The van der Waals surface area contributed by atoms with Crippen molar-refractivity contribution in [1.82, 2.24) is 0 Å². The molecule has 0 unspecified atom stereocenters. The van der Waals surface area contributed by atoms with E-state index in [2.05, 4.69) is 0 Å². The van der Waals surface area contributed by atoms with Gasteiger partial charge in [-0.2, -0.15) is 0 Å². The Balaban J connectivity index is 2.44. The molecule has 1 saturated heterocycles. The van der Waals surface area contributed by atoms with Gasteiger partial charge in [-0.25, -0.2) is 0 Å². The second-order valence-corrected chi connectivity index (χ2v) is 39.6. The number of hydrogen-bond donors (Lipinski definition) is 0. The molecule has 5 heteroatoms. The van der Waals surface area contributed by atoms with Crippen LogP contribution in [0.1, 0.15) is 6.42 Å². The SMILES string of the molecule is C[O][Sn]1([O]C)[CH2]CC[O][SnH2]1. The predicted molar refractivity (Wildman–Crippen MR) is 43.7 cm³/mol. The van der Waals surface area contributed by atoms with Crippen molar-refractivity contribution < 1.29 is 9.22 Å². The van der Waals surface area contributed by atoms with E-state index in [1.807, 2.05) is 0 Å². The topological polar surface area (TPSA) is 27.7 Å². The van der Waals surface area contributed by atoms with Crippen molar-refractivity contribution in [3.63, 3.8) is 0 Å². The maximum atomic E-state index is 5.52. The average molecular weight is 360 g/mol. The Morgan fingerprint density at radius 1 is 1.40 bits per heavy atom. The van der Waals surface area contributed by atoms with Gasteiger partial charge in [-0.3, -0.25) is 0 Å². The van der Waals surface area contributed by atoms with E-state index in [0.717, 1.165) is 13.0 Å². The molecule has 0 saturated carbocycles. The van der Waals surface area contributed by atoms with Crippen LogP contribution in [-0.2, 0) is 9.22 Å². The molecule has 1 fully saturated rings. The molecule has 1 rings (SSSR count). The predicted octanol–water partition coefficient (Wildman–Crippen LogP) is -0.278. The molecule has 0 radical (unpaired) electrons. The van der Waals surface area contributed by atoms with Crippen LogP contribution in [0.3, 0.4) is 0 Å². The van der Waals surface area contributed by atoms with Crippen LogP contribution in [0.2, 0.25) is 4.44 Å². The average Bonchev–Trinajstić information content (AvgIpc) is 2.06. The van der Waals surface area contributed by atoms with Gasteiger partial charge in [-0.1, -0.05) is 0 Å². The maximum absolute atomic E-state index is 5.52. The fraction of sp³-hybridized carbons (Fsp3) is 1.00. The molecule has 3 nitrogen and oxygen atoms in total. The van der Waals surface area contributed by atoms with E-state index in [1.165, 1.54) is 4.44 Å². The molecule has 1 heterocycles. The van der Waals surface area contributed by atoms with Gasteiger partial charge in [0.25, 0.3) is 0 Å². The van der Waals surface area contributed by atoms with Crippen LogP contribution in [0.5, 0.6) is 0 Å². The fourth-order valence-corrected chi connectivity index (χ4v) is 28.5. The summed E-state index contributed by atoms with van der Waals surface area (Å²) >= 11 is -3.38. The van der Waals surface area contributed by atoms with E-state index >= 15 is 0 Å². The van der Waals surface area contributed by atoms with Crippen molar-refractivity contribution in [2.45, 2.75) is 10.9 Å². The molecule has 60 valence electrons. The van der Waals surface area contributed by atoms with Crippen molar-refractivity contribution in [2.24, 2.45) is 0 Å². The van der Waals surface area contributed by atoms with Gasteiger partial charge in [0.05, 0.1) is 0 Å². The zero-order chi connectivity index (χ0) is 7.45. The third-order valence-corrected chi connectivity index (χ3v) is 42.2. The van der Waals surface area contributed by atoms with Crippen molar-refractivity contribution in [1.29, 1.82) is 0 Å². The monoisotopic (exact) mass is 362 g/mol. The van der Waals surface area contributed by atoms with Gasteiger partial charge in [0.15, 0.2) is 0 Å². The summed E-state index contributed by atoms with van der Waals surface area (Å²) in [5, 5.41) is 0. The molecule has 0 atom stereocenters. The second-order valence-electron chi connectivity index (χ2n) is 2.48. The Morgan fingerprint density at radius 2 is 2.10 bits per heavy atom. The Kier molecular flexibility index (Phi) is 4.29. The van der Waals surface area contributed by atoms with E-state index in [0.29, 0.717) is 0 Å². The van der Waals surface area contributed by atoms with Crippen molar-refractivity contribution in [2.75, 3.05) is 20.8 Å². The molecule has 0 bridgehead atoms. The molecular weight excluding hydrogens is 345 g/mol. The van der Waals surface area contributed by atoms with Gasteiger partial charge in [0.2, 0.25) is 0 Å². The minimum absolute atomic E-state index is 0.974. The Bertz CT molecular complexity index is 97.1. The molecule has 0 aromatic carbocycles. The van der Waals surface area contributed by atoms with Crippen molar-refractivity contribution >= 4 is 32.9 Å². The zero-order valence-electron chi connectivity index (χ0n) is 6.55. The normalized spacial score (nSPS) is 27.0. The van der Waals surface area contributed by atoms with Crippen molar-refractivity contribution in [3.8, 4) is 0 Å².